The van der Waals surface area contributed by atoms with E-state index in [1.807, 2.05) is 47.8 Å². The highest BCUT2D eigenvalue weighted by Crippen LogP contribution is 2.24. The van der Waals surface area contributed by atoms with E-state index in [4.69, 9.17) is 0 Å². The Morgan fingerprint density at radius 1 is 1.00 bits per heavy atom. The number of carbonyl (C=O) groups is 2. The van der Waals surface area contributed by atoms with Crippen LogP contribution >= 0.6 is 11.3 Å². The second-order valence-corrected chi connectivity index (χ2v) is 5.85. The predicted octanol–water partition coefficient (Wildman–Crippen LogP) is 4.27. The molecule has 0 aliphatic carbocycles. The van der Waals surface area contributed by atoms with Crippen LogP contribution in [0, 0.1) is 0 Å². The highest BCUT2D eigenvalue weighted by atomic mass is 32.1. The summed E-state index contributed by atoms with van der Waals surface area (Å²) < 4.78 is 0. The first-order chi connectivity index (χ1) is 11.1. The van der Waals surface area contributed by atoms with E-state index in [0.717, 1.165) is 11.3 Å². The van der Waals surface area contributed by atoms with Crippen LogP contribution in [0.1, 0.15) is 27.1 Å². The van der Waals surface area contributed by atoms with E-state index in [9.17, 15) is 9.59 Å². The SMILES string of the molecule is CC(=O)c1nc(-c2ccc(NC(=O)c3ccccc3)cc2)cs1. The number of aromatic nitrogens is 1. The smallest absolute Gasteiger partial charge is 0.255 e. The van der Waals surface area contributed by atoms with Crippen molar-refractivity contribution in [3.8, 4) is 11.3 Å². The van der Waals surface area contributed by atoms with E-state index in [1.165, 1.54) is 18.3 Å². The molecule has 2 aromatic carbocycles. The molecule has 1 N–H and O–H groups in total. The molecule has 0 aliphatic heterocycles. The number of hydrogen-bond donors (Lipinski definition) is 1. The molecule has 0 aliphatic rings. The number of Topliss-reactive ketones (excluding diaryl/α,β-unsaturated/α-hetero) is 1. The second-order valence-electron chi connectivity index (χ2n) is 4.99. The van der Waals surface area contributed by atoms with Crippen LogP contribution in [-0.2, 0) is 0 Å². The van der Waals surface area contributed by atoms with Crippen LogP contribution in [-0.4, -0.2) is 16.7 Å². The topological polar surface area (TPSA) is 59.1 Å². The van der Waals surface area contributed by atoms with Gasteiger partial charge in [-0.05, 0) is 24.3 Å². The van der Waals surface area contributed by atoms with E-state index >= 15 is 0 Å². The van der Waals surface area contributed by atoms with Gasteiger partial charge in [0.2, 0.25) is 0 Å². The van der Waals surface area contributed by atoms with Gasteiger partial charge in [0.05, 0.1) is 5.69 Å². The molecule has 0 saturated heterocycles. The normalized spacial score (nSPS) is 10.3. The molecule has 5 heteroatoms. The standard InChI is InChI=1S/C18H14N2O2S/c1-12(21)18-20-16(11-23-18)13-7-9-15(10-8-13)19-17(22)14-5-3-2-4-6-14/h2-11H,1H3,(H,19,22). The summed E-state index contributed by atoms with van der Waals surface area (Å²) in [5, 5.41) is 5.21. The fourth-order valence-electron chi connectivity index (χ4n) is 2.09. The Bertz CT molecular complexity index is 839. The van der Waals surface area contributed by atoms with Gasteiger partial charge in [-0.3, -0.25) is 9.59 Å². The lowest BCUT2D eigenvalue weighted by Crippen LogP contribution is -2.11. The molecule has 4 nitrogen and oxygen atoms in total. The molecule has 0 unspecified atom stereocenters. The lowest BCUT2D eigenvalue weighted by atomic mass is 10.1. The van der Waals surface area contributed by atoms with Crippen molar-refractivity contribution >= 4 is 28.7 Å². The van der Waals surface area contributed by atoms with Gasteiger partial charge in [0.1, 0.15) is 0 Å². The van der Waals surface area contributed by atoms with Gasteiger partial charge < -0.3 is 5.32 Å². The first kappa shape index (κ1) is 15.1. The van der Waals surface area contributed by atoms with Crippen molar-refractivity contribution in [1.82, 2.24) is 4.98 Å². The first-order valence-electron chi connectivity index (χ1n) is 7.07. The van der Waals surface area contributed by atoms with Gasteiger partial charge in [0.25, 0.3) is 5.91 Å². The van der Waals surface area contributed by atoms with E-state index < -0.39 is 0 Å². The number of amides is 1. The number of thiazole rings is 1. The molecule has 0 radical (unpaired) electrons. The maximum absolute atomic E-state index is 12.1. The predicted molar refractivity (Wildman–Crippen MR) is 91.9 cm³/mol. The number of hydrogen-bond acceptors (Lipinski definition) is 4. The van der Waals surface area contributed by atoms with Gasteiger partial charge in [0.15, 0.2) is 10.8 Å². The minimum absolute atomic E-state index is 0.0343. The van der Waals surface area contributed by atoms with Crippen LogP contribution in [0.3, 0.4) is 0 Å². The van der Waals surface area contributed by atoms with Crippen molar-refractivity contribution in [2.24, 2.45) is 0 Å². The minimum atomic E-state index is -0.147. The van der Waals surface area contributed by atoms with Crippen molar-refractivity contribution < 1.29 is 9.59 Å². The molecule has 1 heterocycles. The third-order valence-corrected chi connectivity index (χ3v) is 4.22. The Morgan fingerprint density at radius 3 is 2.30 bits per heavy atom. The summed E-state index contributed by atoms with van der Waals surface area (Å²) in [5.41, 5.74) is 3.00. The largest absolute Gasteiger partial charge is 0.322 e. The van der Waals surface area contributed by atoms with E-state index in [-0.39, 0.29) is 11.7 Å². The van der Waals surface area contributed by atoms with Gasteiger partial charge in [-0.25, -0.2) is 4.98 Å². The highest BCUT2D eigenvalue weighted by Gasteiger charge is 2.09. The molecular weight excluding hydrogens is 308 g/mol. The quantitative estimate of drug-likeness (QED) is 0.730. The van der Waals surface area contributed by atoms with E-state index in [1.54, 1.807) is 12.1 Å². The van der Waals surface area contributed by atoms with Crippen LogP contribution < -0.4 is 5.32 Å². The number of nitrogens with one attached hydrogen (secondary N) is 1. The maximum atomic E-state index is 12.1. The van der Waals surface area contributed by atoms with Gasteiger partial charge in [-0.1, -0.05) is 30.3 Å². The Kier molecular flexibility index (Phi) is 4.30. The lowest BCUT2D eigenvalue weighted by molar-refractivity contribution is 0.101. The molecule has 0 bridgehead atoms. The number of rotatable bonds is 4. The van der Waals surface area contributed by atoms with Crippen molar-refractivity contribution in [2.75, 3.05) is 5.32 Å². The van der Waals surface area contributed by atoms with Gasteiger partial charge in [0, 0.05) is 29.1 Å². The lowest BCUT2D eigenvalue weighted by Gasteiger charge is -2.06. The summed E-state index contributed by atoms with van der Waals surface area (Å²) in [5.74, 6) is -0.182. The molecule has 0 saturated carbocycles. The Balaban J connectivity index is 1.74. The third-order valence-electron chi connectivity index (χ3n) is 3.28. The van der Waals surface area contributed by atoms with Crippen molar-refractivity contribution in [3.05, 3.63) is 70.5 Å². The first-order valence-corrected chi connectivity index (χ1v) is 7.95. The number of carbonyl (C=O) groups excluding carboxylic acids is 2. The van der Waals surface area contributed by atoms with Crippen molar-refractivity contribution in [1.29, 1.82) is 0 Å². The Hall–Kier alpha value is -2.79. The highest BCUT2D eigenvalue weighted by molar-refractivity contribution is 7.12. The Morgan fingerprint density at radius 2 is 1.70 bits per heavy atom. The van der Waals surface area contributed by atoms with Crippen molar-refractivity contribution in [2.45, 2.75) is 6.92 Å². The summed E-state index contributed by atoms with van der Waals surface area (Å²) in [7, 11) is 0. The molecule has 3 rings (SSSR count). The monoisotopic (exact) mass is 322 g/mol. The zero-order valence-corrected chi connectivity index (χ0v) is 13.3. The van der Waals surface area contributed by atoms with Crippen molar-refractivity contribution in [3.63, 3.8) is 0 Å². The van der Waals surface area contributed by atoms with E-state index in [0.29, 0.717) is 16.3 Å². The summed E-state index contributed by atoms with van der Waals surface area (Å²) >= 11 is 1.33. The van der Waals surface area contributed by atoms with Crippen LogP contribution in [0.2, 0.25) is 0 Å². The van der Waals surface area contributed by atoms with Gasteiger partial charge >= 0.3 is 0 Å². The molecule has 3 aromatic rings. The second kappa shape index (κ2) is 6.54. The summed E-state index contributed by atoms with van der Waals surface area (Å²) in [4.78, 5) is 27.7. The van der Waals surface area contributed by atoms with Crippen LogP contribution in [0.5, 0.6) is 0 Å². The average Bonchev–Trinajstić information content (AvgIpc) is 3.07. The molecular formula is C18H14N2O2S. The fourth-order valence-corrected chi connectivity index (χ4v) is 2.81. The zero-order chi connectivity index (χ0) is 16.2. The van der Waals surface area contributed by atoms with Crippen LogP contribution in [0.4, 0.5) is 5.69 Å². The Labute approximate surface area is 137 Å². The minimum Gasteiger partial charge on any atom is -0.322 e. The molecule has 23 heavy (non-hydrogen) atoms. The number of benzene rings is 2. The molecule has 114 valence electrons. The fraction of sp³-hybridized carbons (Fsp3) is 0.0556. The van der Waals surface area contributed by atoms with Gasteiger partial charge in [-0.2, -0.15) is 0 Å². The molecule has 1 aromatic heterocycles. The van der Waals surface area contributed by atoms with E-state index in [2.05, 4.69) is 10.3 Å². The van der Waals surface area contributed by atoms with Crippen LogP contribution in [0.15, 0.2) is 60.0 Å². The summed E-state index contributed by atoms with van der Waals surface area (Å²) in [6, 6.07) is 16.4. The maximum Gasteiger partial charge on any atom is 0.255 e. The zero-order valence-electron chi connectivity index (χ0n) is 12.4. The number of ketones is 1. The average molecular weight is 322 g/mol. The molecule has 0 atom stereocenters. The summed E-state index contributed by atoms with van der Waals surface area (Å²) in [6.07, 6.45) is 0. The number of nitrogens with zero attached hydrogens (tertiary/aromatic N) is 1. The molecule has 0 fully saturated rings. The number of anilines is 1. The summed E-state index contributed by atoms with van der Waals surface area (Å²) in [6.45, 7) is 1.50. The van der Waals surface area contributed by atoms with Crippen LogP contribution in [0.25, 0.3) is 11.3 Å². The van der Waals surface area contributed by atoms with Gasteiger partial charge in [-0.15, -0.1) is 11.3 Å². The molecule has 0 spiro atoms. The molecule has 1 amide bonds. The third kappa shape index (κ3) is 3.52.